The van der Waals surface area contributed by atoms with E-state index in [1.165, 1.54) is 38.5 Å². The summed E-state index contributed by atoms with van der Waals surface area (Å²) in [6.45, 7) is 1.97. The summed E-state index contributed by atoms with van der Waals surface area (Å²) in [5, 5.41) is 0. The van der Waals surface area contributed by atoms with Gasteiger partial charge in [0, 0.05) is 11.9 Å². The van der Waals surface area contributed by atoms with E-state index in [2.05, 4.69) is 4.98 Å². The van der Waals surface area contributed by atoms with Crippen molar-refractivity contribution in [1.82, 2.24) is 4.98 Å². The number of rotatable bonds is 2. The quantitative estimate of drug-likeness (QED) is 0.663. The Morgan fingerprint density at radius 1 is 0.850 bits per heavy atom. The van der Waals surface area contributed by atoms with Gasteiger partial charge in [-0.1, -0.05) is 81.9 Å². The lowest BCUT2D eigenvalue weighted by atomic mass is 9.48. The molecule has 110 valence electrons. The summed E-state index contributed by atoms with van der Waals surface area (Å²) in [5.74, 6) is 2.24. The van der Waals surface area contributed by atoms with Crippen molar-refractivity contribution in [3.8, 4) is 0 Å². The molecule has 2 aliphatic carbocycles. The molecule has 0 saturated heterocycles. The fraction of sp³-hybridized carbons (Fsp3) is 0.722. The maximum atomic E-state index is 3.98. The van der Waals surface area contributed by atoms with Crippen LogP contribution < -0.4 is 0 Å². The van der Waals surface area contributed by atoms with Crippen molar-refractivity contribution in [2.75, 3.05) is 0 Å². The fourth-order valence-corrected chi connectivity index (χ4v) is 3.77. The van der Waals surface area contributed by atoms with Gasteiger partial charge in [-0.25, -0.2) is 0 Å². The molecule has 2 heteroatoms. The Kier molecular flexibility index (Phi) is 7.18. The summed E-state index contributed by atoms with van der Waals surface area (Å²) in [6.07, 6.45) is 17.1. The Labute approximate surface area is 125 Å². The molecule has 2 saturated carbocycles. The monoisotopic (exact) mass is 271 g/mol. The average molecular weight is 271 g/mol. The summed E-state index contributed by atoms with van der Waals surface area (Å²) < 4.78 is 0. The second-order valence-electron chi connectivity index (χ2n) is 6.71. The molecule has 2 aliphatic rings. The van der Waals surface area contributed by atoms with Crippen LogP contribution in [0.3, 0.4) is 0 Å². The lowest BCUT2D eigenvalue weighted by molar-refractivity contribution is 0.470. The number of aromatic nitrogens is 1. The molecule has 0 atom stereocenters. The van der Waals surface area contributed by atoms with Gasteiger partial charge in [-0.05, 0) is 19.1 Å². The summed E-state index contributed by atoms with van der Waals surface area (Å²) in [4.78, 5) is 3.98. The summed E-state index contributed by atoms with van der Waals surface area (Å²) >= 11 is 0. The molecular weight excluding hydrogens is 241 g/mol. The van der Waals surface area contributed by atoms with Crippen molar-refractivity contribution >= 4 is 7.28 Å². The van der Waals surface area contributed by atoms with Crippen molar-refractivity contribution in [3.05, 3.63) is 30.1 Å². The zero-order valence-electron chi connectivity index (χ0n) is 13.2. The lowest BCUT2D eigenvalue weighted by Gasteiger charge is -2.27. The van der Waals surface area contributed by atoms with Gasteiger partial charge in [-0.15, -0.1) is 0 Å². The van der Waals surface area contributed by atoms with Gasteiger partial charge < -0.3 is 0 Å². The Bertz CT molecular complexity index is 324. The highest BCUT2D eigenvalue weighted by atomic mass is 14.6. The predicted octanol–water partition coefficient (Wildman–Crippen LogP) is 5.32. The third-order valence-corrected chi connectivity index (χ3v) is 4.93. The van der Waals surface area contributed by atoms with E-state index in [1.54, 1.807) is 39.2 Å². The zero-order chi connectivity index (χ0) is 14.0. The molecule has 0 aliphatic heterocycles. The highest BCUT2D eigenvalue weighted by Crippen LogP contribution is 2.36. The first-order valence-corrected chi connectivity index (χ1v) is 8.72. The van der Waals surface area contributed by atoms with E-state index in [4.69, 9.17) is 0 Å². The second-order valence-corrected chi connectivity index (χ2v) is 6.71. The number of aryl methyl sites for hydroxylation is 1. The molecule has 1 nitrogen and oxygen atoms in total. The molecule has 0 aromatic carbocycles. The Morgan fingerprint density at radius 3 is 1.75 bits per heavy atom. The summed E-state index contributed by atoms with van der Waals surface area (Å²) in [5.41, 5.74) is 1.07. The lowest BCUT2D eigenvalue weighted by Crippen LogP contribution is -2.16. The van der Waals surface area contributed by atoms with Gasteiger partial charge in [0.2, 0.25) is 0 Å². The van der Waals surface area contributed by atoms with Crippen LogP contribution in [-0.2, 0) is 0 Å². The first-order valence-electron chi connectivity index (χ1n) is 8.72. The van der Waals surface area contributed by atoms with Crippen LogP contribution in [0, 0.1) is 6.92 Å². The molecular formula is C18H30BN. The normalized spacial score (nSPS) is 20.9. The summed E-state index contributed by atoms with van der Waals surface area (Å²) in [6, 6.07) is 5.86. The van der Waals surface area contributed by atoms with Crippen molar-refractivity contribution in [1.29, 1.82) is 0 Å². The van der Waals surface area contributed by atoms with Gasteiger partial charge in [0.1, 0.15) is 7.28 Å². The third kappa shape index (κ3) is 6.11. The zero-order valence-corrected chi connectivity index (χ0v) is 13.2. The SMILES string of the molecule is B(C1CCCCC1)C1CCCCC1.Cc1ccccn1. The Morgan fingerprint density at radius 2 is 1.40 bits per heavy atom. The molecule has 1 aromatic heterocycles. The van der Waals surface area contributed by atoms with Crippen LogP contribution >= 0.6 is 0 Å². The van der Waals surface area contributed by atoms with Crippen molar-refractivity contribution in [3.63, 3.8) is 0 Å². The van der Waals surface area contributed by atoms with Crippen molar-refractivity contribution in [2.24, 2.45) is 0 Å². The van der Waals surface area contributed by atoms with Crippen molar-refractivity contribution in [2.45, 2.75) is 82.8 Å². The fourth-order valence-electron chi connectivity index (χ4n) is 3.77. The maximum Gasteiger partial charge on any atom is 0.127 e. The van der Waals surface area contributed by atoms with E-state index in [-0.39, 0.29) is 0 Å². The first kappa shape index (κ1) is 15.6. The molecule has 0 unspecified atom stereocenters. The minimum atomic E-state index is 1.07. The van der Waals surface area contributed by atoms with Gasteiger partial charge >= 0.3 is 0 Å². The van der Waals surface area contributed by atoms with E-state index < -0.39 is 0 Å². The molecule has 0 bridgehead atoms. The number of nitrogens with zero attached hydrogens (tertiary/aromatic N) is 1. The average Bonchev–Trinajstić information content (AvgIpc) is 2.51. The van der Waals surface area contributed by atoms with Gasteiger partial charge in [-0.2, -0.15) is 0 Å². The van der Waals surface area contributed by atoms with Crippen LogP contribution in [0.4, 0.5) is 0 Å². The Balaban J connectivity index is 0.000000178. The van der Waals surface area contributed by atoms with Gasteiger partial charge in [0.15, 0.2) is 0 Å². The molecule has 1 aromatic rings. The molecule has 3 rings (SSSR count). The van der Waals surface area contributed by atoms with Gasteiger partial charge in [0.05, 0.1) is 0 Å². The first-order chi connectivity index (χ1) is 9.84. The largest absolute Gasteiger partial charge is 0.262 e. The molecule has 0 amide bonds. The molecule has 0 N–H and O–H groups in total. The van der Waals surface area contributed by atoms with Crippen molar-refractivity contribution < 1.29 is 0 Å². The number of pyridine rings is 1. The van der Waals surface area contributed by atoms with Gasteiger partial charge in [0.25, 0.3) is 0 Å². The van der Waals surface area contributed by atoms with Crippen LogP contribution in [0.2, 0.25) is 11.6 Å². The molecule has 0 radical (unpaired) electrons. The molecule has 2 fully saturated rings. The standard InChI is InChI=1S/C12H23B.C6H7N/c1-3-7-11(8-4-1)13-12-9-5-2-6-10-12;1-6-4-2-3-5-7-6/h11-13H,1-10H2;2-5H,1H3. The van der Waals surface area contributed by atoms with Crippen LogP contribution in [0.5, 0.6) is 0 Å². The van der Waals surface area contributed by atoms with E-state index in [9.17, 15) is 0 Å². The molecule has 0 spiro atoms. The summed E-state index contributed by atoms with van der Waals surface area (Å²) in [7, 11) is 1.58. The smallest absolute Gasteiger partial charge is 0.127 e. The molecule has 1 heterocycles. The van der Waals surface area contributed by atoms with Crippen LogP contribution in [-0.4, -0.2) is 12.3 Å². The molecule has 20 heavy (non-hydrogen) atoms. The van der Waals surface area contributed by atoms with Crippen LogP contribution in [0.15, 0.2) is 24.4 Å². The second kappa shape index (κ2) is 9.21. The van der Waals surface area contributed by atoms with E-state index in [0.717, 1.165) is 17.3 Å². The predicted molar refractivity (Wildman–Crippen MR) is 89.8 cm³/mol. The number of hydrogen-bond donors (Lipinski definition) is 0. The van der Waals surface area contributed by atoms with Crippen LogP contribution in [0.25, 0.3) is 0 Å². The minimum Gasteiger partial charge on any atom is -0.262 e. The third-order valence-electron chi connectivity index (χ3n) is 4.93. The Hall–Kier alpha value is -0.785. The number of hydrogen-bond acceptors (Lipinski definition) is 1. The highest BCUT2D eigenvalue weighted by molar-refractivity contribution is 6.39. The van der Waals surface area contributed by atoms with E-state index >= 15 is 0 Å². The minimum absolute atomic E-state index is 1.07. The van der Waals surface area contributed by atoms with E-state index in [0.29, 0.717) is 0 Å². The van der Waals surface area contributed by atoms with E-state index in [1.807, 2.05) is 25.1 Å². The maximum absolute atomic E-state index is 3.98. The van der Waals surface area contributed by atoms with Gasteiger partial charge in [-0.3, -0.25) is 4.98 Å². The highest BCUT2D eigenvalue weighted by Gasteiger charge is 2.21. The topological polar surface area (TPSA) is 12.9 Å². The van der Waals surface area contributed by atoms with Crippen LogP contribution in [0.1, 0.15) is 69.9 Å².